The van der Waals surface area contributed by atoms with Crippen LogP contribution in [-0.4, -0.2) is 39.1 Å². The van der Waals surface area contributed by atoms with Gasteiger partial charge in [0.2, 0.25) is 0 Å². The van der Waals surface area contributed by atoms with Crippen molar-refractivity contribution in [3.05, 3.63) is 95.6 Å². The third kappa shape index (κ3) is 6.22. The Kier molecular flexibility index (Phi) is 8.65. The van der Waals surface area contributed by atoms with E-state index in [1.807, 2.05) is 64.9 Å². The van der Waals surface area contributed by atoms with Crippen molar-refractivity contribution in [2.75, 3.05) is 13.6 Å². The molecule has 0 spiro atoms. The smallest absolute Gasteiger partial charge is 0.191 e. The predicted molar refractivity (Wildman–Crippen MR) is 144 cm³/mol. The second-order valence-electron chi connectivity index (χ2n) is 7.70. The molecule has 0 aliphatic carbocycles. The van der Waals surface area contributed by atoms with Crippen molar-refractivity contribution in [1.82, 2.24) is 30.2 Å². The molecule has 0 saturated heterocycles. The first-order valence-corrected chi connectivity index (χ1v) is 10.8. The van der Waals surface area contributed by atoms with Gasteiger partial charge in [0.25, 0.3) is 0 Å². The Labute approximate surface area is 212 Å². The number of aryl methyl sites for hydroxylation is 2. The molecule has 0 unspecified atom stereocenters. The summed E-state index contributed by atoms with van der Waals surface area (Å²) in [5.74, 6) is 0.767. The van der Waals surface area contributed by atoms with Gasteiger partial charge in [0.15, 0.2) is 5.96 Å². The number of aliphatic imine (C=N–C) groups is 1. The maximum atomic E-state index is 4.63. The third-order valence-electron chi connectivity index (χ3n) is 5.26. The molecule has 0 aliphatic heterocycles. The summed E-state index contributed by atoms with van der Waals surface area (Å²) in [5.41, 5.74) is 6.60. The van der Waals surface area contributed by atoms with Crippen LogP contribution in [0.3, 0.4) is 0 Å². The molecule has 2 aromatic heterocycles. The highest BCUT2D eigenvalue weighted by atomic mass is 127. The molecule has 8 heteroatoms. The highest BCUT2D eigenvalue weighted by molar-refractivity contribution is 14.0. The highest BCUT2D eigenvalue weighted by Gasteiger charge is 2.09. The first kappa shape index (κ1) is 24.5. The minimum Gasteiger partial charge on any atom is -0.356 e. The van der Waals surface area contributed by atoms with Crippen molar-refractivity contribution in [3.8, 4) is 11.4 Å². The average molecular weight is 555 g/mol. The molecule has 2 N–H and O–H groups in total. The molecule has 33 heavy (non-hydrogen) atoms. The summed E-state index contributed by atoms with van der Waals surface area (Å²) in [4.78, 5) is 4.36. The van der Waals surface area contributed by atoms with E-state index < -0.39 is 0 Å². The van der Waals surface area contributed by atoms with Crippen molar-refractivity contribution >= 4 is 29.9 Å². The lowest BCUT2D eigenvalue weighted by molar-refractivity contribution is 0.775. The molecule has 4 rings (SSSR count). The monoisotopic (exact) mass is 555 g/mol. The van der Waals surface area contributed by atoms with Gasteiger partial charge < -0.3 is 10.6 Å². The first-order chi connectivity index (χ1) is 15.6. The Balaban J connectivity index is 0.00000306. The van der Waals surface area contributed by atoms with Gasteiger partial charge >= 0.3 is 0 Å². The van der Waals surface area contributed by atoms with Gasteiger partial charge in [-0.3, -0.25) is 4.99 Å². The zero-order chi connectivity index (χ0) is 22.3. The summed E-state index contributed by atoms with van der Waals surface area (Å²) in [6.45, 7) is 5.50. The molecule has 0 aliphatic rings. The van der Waals surface area contributed by atoms with Crippen LogP contribution in [0.4, 0.5) is 0 Å². The van der Waals surface area contributed by atoms with Gasteiger partial charge in [-0.05, 0) is 55.7 Å². The van der Waals surface area contributed by atoms with Crippen LogP contribution in [0, 0.1) is 13.8 Å². The van der Waals surface area contributed by atoms with Crippen molar-refractivity contribution < 1.29 is 0 Å². The third-order valence-corrected chi connectivity index (χ3v) is 5.26. The van der Waals surface area contributed by atoms with E-state index in [9.17, 15) is 0 Å². The fraction of sp³-hybridized carbons (Fsp3) is 0.240. The maximum absolute atomic E-state index is 4.63. The van der Waals surface area contributed by atoms with E-state index >= 15 is 0 Å². The number of hydrogen-bond acceptors (Lipinski definition) is 3. The molecule has 0 fully saturated rings. The molecule has 0 bridgehead atoms. The predicted octanol–water partition coefficient (Wildman–Crippen LogP) is 4.20. The van der Waals surface area contributed by atoms with Gasteiger partial charge in [0.05, 0.1) is 23.3 Å². The minimum atomic E-state index is 0. The van der Waals surface area contributed by atoms with E-state index in [0.717, 1.165) is 47.3 Å². The fourth-order valence-electron chi connectivity index (χ4n) is 3.68. The zero-order valence-electron chi connectivity index (χ0n) is 19.2. The number of nitrogens with zero attached hydrogens (tertiary/aromatic N) is 5. The molecule has 172 valence electrons. The van der Waals surface area contributed by atoms with Crippen LogP contribution in [0.25, 0.3) is 11.4 Å². The second kappa shape index (κ2) is 11.6. The van der Waals surface area contributed by atoms with Gasteiger partial charge in [-0.25, -0.2) is 9.36 Å². The van der Waals surface area contributed by atoms with E-state index in [1.165, 1.54) is 5.56 Å². The summed E-state index contributed by atoms with van der Waals surface area (Å²) >= 11 is 0. The number of benzene rings is 2. The molecule has 4 aromatic rings. The number of halogens is 1. The molecule has 0 radical (unpaired) electrons. The molecular weight excluding hydrogens is 525 g/mol. The highest BCUT2D eigenvalue weighted by Crippen LogP contribution is 2.17. The number of aromatic nitrogens is 4. The lowest BCUT2D eigenvalue weighted by Gasteiger charge is -2.15. The standard InChI is InChI=1S/C25H29N7.HI/c1-19-15-20(2)32(30-19)24-12-8-7-9-22(24)17-28-25(26-3)27-14-13-21-16-29-31(18-21)23-10-5-4-6-11-23;/h4-12,15-16,18H,13-14,17H2,1-3H3,(H2,26,27,28);1H. The van der Waals surface area contributed by atoms with Crippen molar-refractivity contribution in [2.45, 2.75) is 26.8 Å². The van der Waals surface area contributed by atoms with E-state index in [0.29, 0.717) is 6.54 Å². The maximum Gasteiger partial charge on any atom is 0.191 e. The summed E-state index contributed by atoms with van der Waals surface area (Å²) < 4.78 is 3.89. The zero-order valence-corrected chi connectivity index (χ0v) is 21.5. The average Bonchev–Trinajstić information content (AvgIpc) is 3.42. The summed E-state index contributed by atoms with van der Waals surface area (Å²) in [6, 6.07) is 20.5. The van der Waals surface area contributed by atoms with Crippen LogP contribution in [0.15, 0.2) is 78.0 Å². The van der Waals surface area contributed by atoms with Crippen LogP contribution in [0.2, 0.25) is 0 Å². The molecule has 7 nitrogen and oxygen atoms in total. The number of nitrogens with one attached hydrogen (secondary N) is 2. The Morgan fingerprint density at radius 1 is 1.00 bits per heavy atom. The van der Waals surface area contributed by atoms with Gasteiger partial charge in [-0.2, -0.15) is 10.2 Å². The topological polar surface area (TPSA) is 72.1 Å². The Morgan fingerprint density at radius 3 is 2.48 bits per heavy atom. The van der Waals surface area contributed by atoms with Gasteiger partial charge in [0, 0.05) is 32.0 Å². The minimum absolute atomic E-state index is 0. The second-order valence-corrected chi connectivity index (χ2v) is 7.70. The van der Waals surface area contributed by atoms with E-state index in [-0.39, 0.29) is 24.0 Å². The Bertz CT molecular complexity index is 1190. The Morgan fingerprint density at radius 2 is 1.76 bits per heavy atom. The number of rotatable bonds is 7. The quantitative estimate of drug-likeness (QED) is 0.204. The van der Waals surface area contributed by atoms with Gasteiger partial charge in [-0.1, -0.05) is 36.4 Å². The summed E-state index contributed by atoms with van der Waals surface area (Å²) in [6.07, 6.45) is 4.84. The lowest BCUT2D eigenvalue weighted by atomic mass is 10.1. The van der Waals surface area contributed by atoms with Crippen LogP contribution >= 0.6 is 24.0 Å². The molecule has 2 aromatic carbocycles. The van der Waals surface area contributed by atoms with Crippen molar-refractivity contribution in [1.29, 1.82) is 0 Å². The number of hydrogen-bond donors (Lipinski definition) is 2. The first-order valence-electron chi connectivity index (χ1n) is 10.8. The lowest BCUT2D eigenvalue weighted by Crippen LogP contribution is -2.38. The number of para-hydroxylation sites is 2. The summed E-state index contributed by atoms with van der Waals surface area (Å²) in [7, 11) is 1.79. The van der Waals surface area contributed by atoms with Gasteiger partial charge in [-0.15, -0.1) is 24.0 Å². The van der Waals surface area contributed by atoms with Crippen molar-refractivity contribution in [3.63, 3.8) is 0 Å². The number of guanidine groups is 1. The van der Waals surface area contributed by atoms with Crippen molar-refractivity contribution in [2.24, 2.45) is 4.99 Å². The molecule has 0 amide bonds. The molecular formula is C25H30IN7. The largest absolute Gasteiger partial charge is 0.356 e. The molecule has 2 heterocycles. The van der Waals surface area contributed by atoms with Crippen LogP contribution in [0.1, 0.15) is 22.5 Å². The molecule has 0 saturated carbocycles. The molecule has 0 atom stereocenters. The van der Waals surface area contributed by atoms with Crippen LogP contribution in [0.5, 0.6) is 0 Å². The van der Waals surface area contributed by atoms with Gasteiger partial charge in [0.1, 0.15) is 0 Å². The normalized spacial score (nSPS) is 11.2. The SMILES string of the molecule is CN=C(NCCc1cnn(-c2ccccc2)c1)NCc1ccccc1-n1nc(C)cc1C.I. The van der Waals surface area contributed by atoms with E-state index in [1.54, 1.807) is 7.05 Å². The van der Waals surface area contributed by atoms with E-state index in [4.69, 9.17) is 0 Å². The fourth-order valence-corrected chi connectivity index (χ4v) is 3.68. The Hall–Kier alpha value is -3.14. The van der Waals surface area contributed by atoms with E-state index in [2.05, 4.69) is 57.1 Å². The van der Waals surface area contributed by atoms with Crippen LogP contribution in [-0.2, 0) is 13.0 Å². The van der Waals surface area contributed by atoms with Crippen LogP contribution < -0.4 is 10.6 Å². The summed E-state index contributed by atoms with van der Waals surface area (Å²) in [5, 5.41) is 15.9.